The van der Waals surface area contributed by atoms with E-state index in [1.54, 1.807) is 18.2 Å². The number of nitrogens with one attached hydrogen (secondary N) is 1. The highest BCUT2D eigenvalue weighted by Gasteiger charge is 2.28. The summed E-state index contributed by atoms with van der Waals surface area (Å²) < 4.78 is 5.37. The molecule has 1 N–H and O–H groups in total. The average Bonchev–Trinajstić information content (AvgIpc) is 3.02. The van der Waals surface area contributed by atoms with Gasteiger partial charge in [-0.25, -0.2) is 0 Å². The van der Waals surface area contributed by atoms with Crippen molar-refractivity contribution in [1.29, 1.82) is 0 Å². The molecule has 2 heterocycles. The Labute approximate surface area is 169 Å². The summed E-state index contributed by atoms with van der Waals surface area (Å²) in [6.45, 7) is 8.20. The third-order valence-corrected chi connectivity index (χ3v) is 5.00. The zero-order valence-electron chi connectivity index (χ0n) is 15.8. The second-order valence-corrected chi connectivity index (χ2v) is 8.77. The van der Waals surface area contributed by atoms with Crippen LogP contribution in [0.2, 0.25) is 10.0 Å². The molecule has 1 saturated heterocycles. The van der Waals surface area contributed by atoms with E-state index < -0.39 is 0 Å². The number of piperidine rings is 1. The Morgan fingerprint density at radius 2 is 2.00 bits per heavy atom. The Balaban J connectivity index is 1.56. The minimum absolute atomic E-state index is 0.0617. The van der Waals surface area contributed by atoms with Gasteiger partial charge in [-0.15, -0.1) is 0 Å². The van der Waals surface area contributed by atoms with E-state index in [9.17, 15) is 4.79 Å². The smallest absolute Gasteiger partial charge is 0.241 e. The molecule has 6 nitrogen and oxygen atoms in total. The SMILES string of the molecule is CC(C)(C)NC(=O)C1CCN(Cc2nc(-c3ccc(Cl)cc3Cl)no2)CC1. The second-order valence-electron chi connectivity index (χ2n) is 7.93. The van der Waals surface area contributed by atoms with Crippen LogP contribution in [-0.4, -0.2) is 39.6 Å². The molecule has 146 valence electrons. The first kappa shape index (κ1) is 20.1. The van der Waals surface area contributed by atoms with E-state index in [4.69, 9.17) is 27.7 Å². The number of halogens is 2. The van der Waals surface area contributed by atoms with E-state index >= 15 is 0 Å². The number of benzene rings is 1. The molecule has 8 heteroatoms. The van der Waals surface area contributed by atoms with Gasteiger partial charge in [0.1, 0.15) is 0 Å². The van der Waals surface area contributed by atoms with Crippen LogP contribution < -0.4 is 5.32 Å². The Kier molecular flexibility index (Phi) is 6.08. The molecule has 1 fully saturated rings. The Morgan fingerprint density at radius 3 is 2.63 bits per heavy atom. The summed E-state index contributed by atoms with van der Waals surface area (Å²) in [5, 5.41) is 8.13. The maximum absolute atomic E-state index is 12.3. The van der Waals surface area contributed by atoms with Gasteiger partial charge in [0.05, 0.1) is 11.6 Å². The van der Waals surface area contributed by atoms with Crippen molar-refractivity contribution in [2.75, 3.05) is 13.1 Å². The lowest BCUT2D eigenvalue weighted by molar-refractivity contribution is -0.127. The van der Waals surface area contributed by atoms with Crippen LogP contribution >= 0.6 is 23.2 Å². The molecule has 0 saturated carbocycles. The van der Waals surface area contributed by atoms with Crippen molar-refractivity contribution < 1.29 is 9.32 Å². The van der Waals surface area contributed by atoms with Crippen molar-refractivity contribution >= 4 is 29.1 Å². The van der Waals surface area contributed by atoms with Crippen molar-refractivity contribution in [3.63, 3.8) is 0 Å². The summed E-state index contributed by atoms with van der Waals surface area (Å²) in [6, 6.07) is 5.17. The first-order valence-electron chi connectivity index (χ1n) is 9.04. The molecule has 1 aliphatic heterocycles. The third kappa shape index (κ3) is 5.43. The van der Waals surface area contributed by atoms with Crippen LogP contribution in [0.4, 0.5) is 0 Å². The molecule has 1 amide bonds. The lowest BCUT2D eigenvalue weighted by Gasteiger charge is -2.32. The van der Waals surface area contributed by atoms with Gasteiger partial charge in [-0.05, 0) is 64.9 Å². The van der Waals surface area contributed by atoms with Crippen LogP contribution in [0.15, 0.2) is 22.7 Å². The Bertz CT molecular complexity index is 808. The summed E-state index contributed by atoms with van der Waals surface area (Å²) in [7, 11) is 0. The fourth-order valence-corrected chi connectivity index (χ4v) is 3.61. The standard InChI is InChI=1S/C19H24Cl2N4O2/c1-19(2,3)23-18(26)12-6-8-25(9-7-12)11-16-22-17(24-27-16)14-5-4-13(20)10-15(14)21/h4-5,10,12H,6-9,11H2,1-3H3,(H,23,26). The molecule has 3 rings (SSSR count). The highest BCUT2D eigenvalue weighted by atomic mass is 35.5. The maximum Gasteiger partial charge on any atom is 0.241 e. The van der Waals surface area contributed by atoms with Crippen LogP contribution in [0.3, 0.4) is 0 Å². The summed E-state index contributed by atoms with van der Waals surface area (Å²) in [4.78, 5) is 19.0. The van der Waals surface area contributed by atoms with E-state index in [2.05, 4.69) is 20.4 Å². The number of hydrogen-bond acceptors (Lipinski definition) is 5. The number of hydrogen-bond donors (Lipinski definition) is 1. The topological polar surface area (TPSA) is 71.3 Å². The number of aromatic nitrogens is 2. The molecule has 0 unspecified atom stereocenters. The number of carbonyl (C=O) groups is 1. The van der Waals surface area contributed by atoms with Gasteiger partial charge in [-0.3, -0.25) is 9.69 Å². The monoisotopic (exact) mass is 410 g/mol. The third-order valence-electron chi connectivity index (χ3n) is 4.46. The van der Waals surface area contributed by atoms with E-state index in [0.29, 0.717) is 33.9 Å². The zero-order chi connectivity index (χ0) is 19.6. The number of rotatable bonds is 4. The molecule has 0 aliphatic carbocycles. The Hall–Kier alpha value is -1.63. The second kappa shape index (κ2) is 8.17. The van der Waals surface area contributed by atoms with Gasteiger partial charge in [0.15, 0.2) is 0 Å². The summed E-state index contributed by atoms with van der Waals surface area (Å²) >= 11 is 12.1. The fraction of sp³-hybridized carbons (Fsp3) is 0.526. The number of likely N-dealkylation sites (tertiary alicyclic amines) is 1. The van der Waals surface area contributed by atoms with Crippen LogP contribution in [0.5, 0.6) is 0 Å². The molecular formula is C19H24Cl2N4O2. The van der Waals surface area contributed by atoms with Crippen LogP contribution in [0.1, 0.15) is 39.5 Å². The molecule has 0 radical (unpaired) electrons. The van der Waals surface area contributed by atoms with E-state index in [-0.39, 0.29) is 17.4 Å². The summed E-state index contributed by atoms with van der Waals surface area (Å²) in [5.74, 6) is 1.19. The number of nitrogens with zero attached hydrogens (tertiary/aromatic N) is 3. The minimum Gasteiger partial charge on any atom is -0.351 e. The lowest BCUT2D eigenvalue weighted by atomic mass is 9.94. The predicted octanol–water partition coefficient (Wildman–Crippen LogP) is 4.17. The molecule has 0 spiro atoms. The van der Waals surface area contributed by atoms with Gasteiger partial charge in [-0.2, -0.15) is 4.98 Å². The maximum atomic E-state index is 12.3. The fourth-order valence-electron chi connectivity index (χ4n) is 3.12. The van der Waals surface area contributed by atoms with Gasteiger partial charge in [0.2, 0.25) is 17.6 Å². The molecule has 0 bridgehead atoms. The van der Waals surface area contributed by atoms with Gasteiger partial charge in [0, 0.05) is 22.0 Å². The van der Waals surface area contributed by atoms with Crippen molar-refractivity contribution in [1.82, 2.24) is 20.4 Å². The average molecular weight is 411 g/mol. The first-order valence-corrected chi connectivity index (χ1v) is 9.79. The molecule has 27 heavy (non-hydrogen) atoms. The van der Waals surface area contributed by atoms with Crippen LogP contribution in [-0.2, 0) is 11.3 Å². The highest BCUT2D eigenvalue weighted by Crippen LogP contribution is 2.28. The lowest BCUT2D eigenvalue weighted by Crippen LogP contribution is -2.46. The molecule has 1 aromatic heterocycles. The summed E-state index contributed by atoms with van der Waals surface area (Å²) in [5.41, 5.74) is 0.491. The quantitative estimate of drug-likeness (QED) is 0.818. The van der Waals surface area contributed by atoms with Gasteiger partial charge in [0.25, 0.3) is 0 Å². The van der Waals surface area contributed by atoms with Crippen molar-refractivity contribution in [2.24, 2.45) is 5.92 Å². The minimum atomic E-state index is -0.197. The first-order chi connectivity index (χ1) is 12.7. The number of amides is 1. The van der Waals surface area contributed by atoms with Crippen molar-refractivity contribution in [3.05, 3.63) is 34.1 Å². The Morgan fingerprint density at radius 1 is 1.30 bits per heavy atom. The zero-order valence-corrected chi connectivity index (χ0v) is 17.3. The molecule has 1 aliphatic rings. The van der Waals surface area contributed by atoms with E-state index in [1.807, 2.05) is 20.8 Å². The van der Waals surface area contributed by atoms with E-state index in [1.165, 1.54) is 0 Å². The summed E-state index contributed by atoms with van der Waals surface area (Å²) in [6.07, 6.45) is 1.65. The molecular weight excluding hydrogens is 387 g/mol. The van der Waals surface area contributed by atoms with Crippen LogP contribution in [0.25, 0.3) is 11.4 Å². The largest absolute Gasteiger partial charge is 0.351 e. The number of carbonyl (C=O) groups excluding carboxylic acids is 1. The predicted molar refractivity (Wildman–Crippen MR) is 106 cm³/mol. The molecule has 1 aromatic carbocycles. The molecule has 2 aromatic rings. The normalized spacial score (nSPS) is 16.5. The van der Waals surface area contributed by atoms with E-state index in [0.717, 1.165) is 25.9 Å². The van der Waals surface area contributed by atoms with Crippen molar-refractivity contribution in [2.45, 2.75) is 45.7 Å². The van der Waals surface area contributed by atoms with Crippen LogP contribution in [0, 0.1) is 5.92 Å². The van der Waals surface area contributed by atoms with Crippen molar-refractivity contribution in [3.8, 4) is 11.4 Å². The van der Waals surface area contributed by atoms with Gasteiger partial charge < -0.3 is 9.84 Å². The highest BCUT2D eigenvalue weighted by molar-refractivity contribution is 6.36. The molecule has 0 atom stereocenters. The van der Waals surface area contributed by atoms with Gasteiger partial charge in [-0.1, -0.05) is 28.4 Å². The van der Waals surface area contributed by atoms with Gasteiger partial charge >= 0.3 is 0 Å².